The molecule has 3 heteroatoms. The molecule has 0 atom stereocenters. The average molecular weight is 172 g/mol. The standard InChI is InChI=1S/C8H10ClNO/c9-8-5-7(10)2-1-6(8)3-4-11/h1-2,5,11H,3-4,10H2. The molecular weight excluding hydrogens is 162 g/mol. The second-order valence-corrected chi connectivity index (χ2v) is 2.73. The normalized spacial score (nSPS) is 10.0. The average Bonchev–Trinajstić information content (AvgIpc) is 1.95. The molecule has 0 aliphatic heterocycles. The SMILES string of the molecule is Nc1ccc(CCO)c(Cl)c1. The van der Waals surface area contributed by atoms with E-state index in [9.17, 15) is 0 Å². The van der Waals surface area contributed by atoms with Crippen LogP contribution in [0.4, 0.5) is 5.69 Å². The van der Waals surface area contributed by atoms with E-state index in [0.29, 0.717) is 17.1 Å². The number of nitrogens with two attached hydrogens (primary N) is 1. The Morgan fingerprint density at radius 3 is 2.73 bits per heavy atom. The van der Waals surface area contributed by atoms with E-state index in [1.165, 1.54) is 0 Å². The van der Waals surface area contributed by atoms with E-state index in [-0.39, 0.29) is 6.61 Å². The molecule has 2 nitrogen and oxygen atoms in total. The van der Waals surface area contributed by atoms with Crippen LogP contribution in [0.3, 0.4) is 0 Å². The van der Waals surface area contributed by atoms with Crippen LogP contribution in [0.1, 0.15) is 5.56 Å². The Hall–Kier alpha value is -0.730. The van der Waals surface area contributed by atoms with Gasteiger partial charge in [0.1, 0.15) is 0 Å². The molecule has 0 bridgehead atoms. The van der Waals surface area contributed by atoms with E-state index < -0.39 is 0 Å². The van der Waals surface area contributed by atoms with Crippen molar-refractivity contribution in [2.75, 3.05) is 12.3 Å². The number of aliphatic hydroxyl groups is 1. The highest BCUT2D eigenvalue weighted by molar-refractivity contribution is 6.31. The summed E-state index contributed by atoms with van der Waals surface area (Å²) in [7, 11) is 0. The zero-order chi connectivity index (χ0) is 8.27. The summed E-state index contributed by atoms with van der Waals surface area (Å²) in [6.07, 6.45) is 0.582. The van der Waals surface area contributed by atoms with Crippen LogP contribution in [-0.4, -0.2) is 11.7 Å². The molecule has 11 heavy (non-hydrogen) atoms. The number of halogens is 1. The number of anilines is 1. The van der Waals surface area contributed by atoms with E-state index >= 15 is 0 Å². The van der Waals surface area contributed by atoms with Crippen LogP contribution in [-0.2, 0) is 6.42 Å². The van der Waals surface area contributed by atoms with Crippen LogP contribution in [0.15, 0.2) is 18.2 Å². The van der Waals surface area contributed by atoms with Crippen molar-refractivity contribution in [3.05, 3.63) is 28.8 Å². The van der Waals surface area contributed by atoms with Gasteiger partial charge in [0.25, 0.3) is 0 Å². The van der Waals surface area contributed by atoms with Gasteiger partial charge < -0.3 is 10.8 Å². The second kappa shape index (κ2) is 3.60. The van der Waals surface area contributed by atoms with Gasteiger partial charge >= 0.3 is 0 Å². The van der Waals surface area contributed by atoms with Gasteiger partial charge in [0.15, 0.2) is 0 Å². The third-order valence-electron chi connectivity index (χ3n) is 1.46. The number of hydrogen-bond donors (Lipinski definition) is 2. The maximum Gasteiger partial charge on any atom is 0.0471 e. The molecular formula is C8H10ClNO. The summed E-state index contributed by atoms with van der Waals surface area (Å²) >= 11 is 5.82. The second-order valence-electron chi connectivity index (χ2n) is 2.32. The van der Waals surface area contributed by atoms with Crippen LogP contribution in [0, 0.1) is 0 Å². The quantitative estimate of drug-likeness (QED) is 0.662. The van der Waals surface area contributed by atoms with E-state index in [0.717, 1.165) is 5.56 Å². The number of benzene rings is 1. The molecule has 1 aromatic rings. The van der Waals surface area contributed by atoms with Gasteiger partial charge in [-0.1, -0.05) is 17.7 Å². The van der Waals surface area contributed by atoms with Crippen LogP contribution in [0.25, 0.3) is 0 Å². The minimum atomic E-state index is 0.115. The molecule has 1 aromatic carbocycles. The molecule has 0 fully saturated rings. The molecule has 0 aliphatic carbocycles. The van der Waals surface area contributed by atoms with Crippen molar-refractivity contribution in [3.8, 4) is 0 Å². The predicted octanol–water partition coefficient (Wildman–Crippen LogP) is 1.46. The highest BCUT2D eigenvalue weighted by atomic mass is 35.5. The minimum Gasteiger partial charge on any atom is -0.399 e. The smallest absolute Gasteiger partial charge is 0.0471 e. The predicted molar refractivity (Wildman–Crippen MR) is 46.7 cm³/mol. The topological polar surface area (TPSA) is 46.2 Å². The van der Waals surface area contributed by atoms with Crippen molar-refractivity contribution >= 4 is 17.3 Å². The van der Waals surface area contributed by atoms with Gasteiger partial charge in [0.2, 0.25) is 0 Å². The number of rotatable bonds is 2. The molecule has 0 amide bonds. The van der Waals surface area contributed by atoms with Crippen molar-refractivity contribution in [1.29, 1.82) is 0 Å². The van der Waals surface area contributed by atoms with Gasteiger partial charge in [0, 0.05) is 17.3 Å². The fourth-order valence-electron chi connectivity index (χ4n) is 0.887. The lowest BCUT2D eigenvalue weighted by Crippen LogP contribution is -1.93. The van der Waals surface area contributed by atoms with Gasteiger partial charge in [0.05, 0.1) is 0 Å². The first kappa shape index (κ1) is 8.37. The van der Waals surface area contributed by atoms with Crippen LogP contribution >= 0.6 is 11.6 Å². The first-order valence-corrected chi connectivity index (χ1v) is 3.76. The maximum absolute atomic E-state index is 8.62. The monoisotopic (exact) mass is 171 g/mol. The van der Waals surface area contributed by atoms with Crippen LogP contribution in [0.2, 0.25) is 5.02 Å². The Kier molecular flexibility index (Phi) is 2.74. The molecule has 0 spiro atoms. The minimum absolute atomic E-state index is 0.115. The highest BCUT2D eigenvalue weighted by Gasteiger charge is 1.98. The van der Waals surface area contributed by atoms with E-state index in [4.69, 9.17) is 22.4 Å². The first-order valence-electron chi connectivity index (χ1n) is 3.39. The zero-order valence-corrected chi connectivity index (χ0v) is 6.80. The first-order chi connectivity index (χ1) is 5.24. The molecule has 0 aromatic heterocycles. The maximum atomic E-state index is 8.62. The molecule has 0 aliphatic rings. The number of hydrogen-bond acceptors (Lipinski definition) is 2. The highest BCUT2D eigenvalue weighted by Crippen LogP contribution is 2.19. The molecule has 0 saturated heterocycles. The van der Waals surface area contributed by atoms with E-state index in [1.54, 1.807) is 12.1 Å². The third-order valence-corrected chi connectivity index (χ3v) is 1.81. The summed E-state index contributed by atoms with van der Waals surface area (Å²) in [4.78, 5) is 0. The molecule has 60 valence electrons. The van der Waals surface area contributed by atoms with Gasteiger partial charge in [-0.05, 0) is 24.1 Å². The molecule has 0 unspecified atom stereocenters. The lowest BCUT2D eigenvalue weighted by atomic mass is 10.1. The largest absolute Gasteiger partial charge is 0.399 e. The van der Waals surface area contributed by atoms with Crippen molar-refractivity contribution in [3.63, 3.8) is 0 Å². The third kappa shape index (κ3) is 2.10. The lowest BCUT2D eigenvalue weighted by Gasteiger charge is -2.01. The van der Waals surface area contributed by atoms with Crippen molar-refractivity contribution in [2.45, 2.75) is 6.42 Å². The van der Waals surface area contributed by atoms with Gasteiger partial charge in [-0.25, -0.2) is 0 Å². The van der Waals surface area contributed by atoms with Crippen molar-refractivity contribution in [2.24, 2.45) is 0 Å². The summed E-state index contributed by atoms with van der Waals surface area (Å²) in [5.41, 5.74) is 7.06. The van der Waals surface area contributed by atoms with E-state index in [2.05, 4.69) is 0 Å². The Bertz CT molecular complexity index is 250. The summed E-state index contributed by atoms with van der Waals surface area (Å²) < 4.78 is 0. The fourth-order valence-corrected chi connectivity index (χ4v) is 1.17. The van der Waals surface area contributed by atoms with Gasteiger partial charge in [-0.15, -0.1) is 0 Å². The Morgan fingerprint density at radius 2 is 2.18 bits per heavy atom. The molecule has 0 radical (unpaired) electrons. The Balaban J connectivity index is 2.90. The van der Waals surface area contributed by atoms with Crippen molar-refractivity contribution in [1.82, 2.24) is 0 Å². The number of aliphatic hydroxyl groups excluding tert-OH is 1. The molecule has 0 saturated carbocycles. The molecule has 1 rings (SSSR count). The van der Waals surface area contributed by atoms with Gasteiger partial charge in [-0.2, -0.15) is 0 Å². The van der Waals surface area contributed by atoms with Crippen LogP contribution in [0.5, 0.6) is 0 Å². The summed E-state index contributed by atoms with van der Waals surface area (Å²) in [6, 6.07) is 5.29. The van der Waals surface area contributed by atoms with Gasteiger partial charge in [-0.3, -0.25) is 0 Å². The molecule has 0 heterocycles. The Labute approximate surface area is 70.6 Å². The lowest BCUT2D eigenvalue weighted by molar-refractivity contribution is 0.299. The van der Waals surface area contributed by atoms with E-state index in [1.807, 2.05) is 6.07 Å². The summed E-state index contributed by atoms with van der Waals surface area (Å²) in [5, 5.41) is 9.25. The molecule has 3 N–H and O–H groups in total. The zero-order valence-electron chi connectivity index (χ0n) is 6.05. The fraction of sp³-hybridized carbons (Fsp3) is 0.250. The van der Waals surface area contributed by atoms with Crippen molar-refractivity contribution < 1.29 is 5.11 Å². The summed E-state index contributed by atoms with van der Waals surface area (Å²) in [5.74, 6) is 0. The number of nitrogen functional groups attached to an aromatic ring is 1. The summed E-state index contributed by atoms with van der Waals surface area (Å²) in [6.45, 7) is 0.115. The van der Waals surface area contributed by atoms with Crippen LogP contribution < -0.4 is 5.73 Å². The Morgan fingerprint density at radius 1 is 1.45 bits per heavy atom.